The van der Waals surface area contributed by atoms with E-state index >= 15 is 0 Å². The van der Waals surface area contributed by atoms with Gasteiger partial charge in [0.1, 0.15) is 0 Å². The summed E-state index contributed by atoms with van der Waals surface area (Å²) < 4.78 is 5.05. The number of carboxylic acid groups (broad SMARTS) is 1. The normalized spacial score (nSPS) is 27.8. The molecule has 3 N–H and O–H groups in total. The SMILES string of the molecule is O=C(NCCC1CC1)NC1(C(=O)O)CCOC1. The van der Waals surface area contributed by atoms with Gasteiger partial charge in [-0.05, 0) is 12.3 Å². The molecule has 1 atom stereocenters. The van der Waals surface area contributed by atoms with Crippen LogP contribution in [0, 0.1) is 5.92 Å². The molecule has 17 heavy (non-hydrogen) atoms. The Morgan fingerprint density at radius 1 is 1.41 bits per heavy atom. The van der Waals surface area contributed by atoms with Crippen molar-refractivity contribution in [2.45, 2.75) is 31.2 Å². The Labute approximate surface area is 99.7 Å². The predicted molar refractivity (Wildman–Crippen MR) is 59.7 cm³/mol. The third kappa shape index (κ3) is 3.09. The minimum absolute atomic E-state index is 0.0401. The minimum atomic E-state index is -1.25. The van der Waals surface area contributed by atoms with Crippen molar-refractivity contribution in [2.75, 3.05) is 19.8 Å². The number of nitrogens with one attached hydrogen (secondary N) is 2. The zero-order chi connectivity index (χ0) is 12.3. The molecule has 1 unspecified atom stereocenters. The lowest BCUT2D eigenvalue weighted by Gasteiger charge is -2.23. The van der Waals surface area contributed by atoms with Crippen LogP contribution in [0.15, 0.2) is 0 Å². The van der Waals surface area contributed by atoms with Gasteiger partial charge in [-0.2, -0.15) is 0 Å². The molecule has 1 saturated carbocycles. The summed E-state index contributed by atoms with van der Waals surface area (Å²) in [7, 11) is 0. The molecule has 6 nitrogen and oxygen atoms in total. The van der Waals surface area contributed by atoms with Crippen molar-refractivity contribution >= 4 is 12.0 Å². The van der Waals surface area contributed by atoms with Gasteiger partial charge in [-0.3, -0.25) is 0 Å². The van der Waals surface area contributed by atoms with Crippen LogP contribution in [-0.2, 0) is 9.53 Å². The number of carbonyl (C=O) groups excluding carboxylic acids is 1. The van der Waals surface area contributed by atoms with Crippen LogP contribution in [0.5, 0.6) is 0 Å². The Kier molecular flexibility index (Phi) is 3.51. The summed E-state index contributed by atoms with van der Waals surface area (Å²) in [5.41, 5.74) is -1.25. The summed E-state index contributed by atoms with van der Waals surface area (Å²) in [5, 5.41) is 14.3. The molecule has 1 aliphatic heterocycles. The molecular weight excluding hydrogens is 224 g/mol. The highest BCUT2D eigenvalue weighted by atomic mass is 16.5. The van der Waals surface area contributed by atoms with Crippen molar-refractivity contribution in [1.29, 1.82) is 0 Å². The third-order valence-corrected chi connectivity index (χ3v) is 3.32. The van der Waals surface area contributed by atoms with Gasteiger partial charge in [-0.15, -0.1) is 0 Å². The molecule has 0 bridgehead atoms. The molecule has 0 radical (unpaired) electrons. The number of urea groups is 1. The van der Waals surface area contributed by atoms with Crippen molar-refractivity contribution in [2.24, 2.45) is 5.92 Å². The Morgan fingerprint density at radius 2 is 2.18 bits per heavy atom. The number of hydrogen-bond donors (Lipinski definition) is 3. The molecule has 1 aliphatic carbocycles. The molecule has 6 heteroatoms. The number of carbonyl (C=O) groups is 2. The molecule has 0 aromatic heterocycles. The molecular formula is C11H18N2O4. The van der Waals surface area contributed by atoms with Gasteiger partial charge in [0.2, 0.25) is 0 Å². The first kappa shape index (κ1) is 12.2. The number of rotatable bonds is 5. The second-order valence-electron chi connectivity index (χ2n) is 4.80. The largest absolute Gasteiger partial charge is 0.479 e. The first-order valence-corrected chi connectivity index (χ1v) is 5.99. The summed E-state index contributed by atoms with van der Waals surface area (Å²) in [6.45, 7) is 1.01. The number of aliphatic carboxylic acids is 1. The summed E-state index contributed by atoms with van der Waals surface area (Å²) in [6, 6.07) is -0.418. The molecule has 2 fully saturated rings. The van der Waals surface area contributed by atoms with Crippen LogP contribution in [0.4, 0.5) is 4.79 Å². The molecule has 0 aromatic carbocycles. The van der Waals surface area contributed by atoms with E-state index in [0.29, 0.717) is 19.6 Å². The average Bonchev–Trinajstić information content (AvgIpc) is 2.96. The summed E-state index contributed by atoms with van der Waals surface area (Å²) in [6.07, 6.45) is 3.79. The number of hydrogen-bond acceptors (Lipinski definition) is 3. The Balaban J connectivity index is 1.76. The average molecular weight is 242 g/mol. The van der Waals surface area contributed by atoms with E-state index in [0.717, 1.165) is 12.3 Å². The topological polar surface area (TPSA) is 87.7 Å². The third-order valence-electron chi connectivity index (χ3n) is 3.32. The maximum absolute atomic E-state index is 11.6. The quantitative estimate of drug-likeness (QED) is 0.648. The molecule has 2 aliphatic rings. The number of ether oxygens (including phenoxy) is 1. The fourth-order valence-electron chi connectivity index (χ4n) is 1.94. The predicted octanol–water partition coefficient (Wildman–Crippen LogP) is 0.329. The summed E-state index contributed by atoms with van der Waals surface area (Å²) in [4.78, 5) is 22.7. The fraction of sp³-hybridized carbons (Fsp3) is 0.818. The van der Waals surface area contributed by atoms with Crippen LogP contribution in [-0.4, -0.2) is 42.4 Å². The zero-order valence-electron chi connectivity index (χ0n) is 9.70. The molecule has 0 aromatic rings. The van der Waals surface area contributed by atoms with Crippen molar-refractivity contribution in [1.82, 2.24) is 10.6 Å². The first-order chi connectivity index (χ1) is 8.12. The Bertz CT molecular complexity index is 309. The second kappa shape index (κ2) is 4.91. The van der Waals surface area contributed by atoms with Gasteiger partial charge in [0.25, 0.3) is 0 Å². The standard InChI is InChI=1S/C11H18N2O4/c14-9(15)11(4-6-17-7-11)13-10(16)12-5-3-8-1-2-8/h8H,1-7H2,(H,14,15)(H2,12,13,16). The van der Waals surface area contributed by atoms with Gasteiger partial charge in [0, 0.05) is 19.6 Å². The highest BCUT2D eigenvalue weighted by molar-refractivity contribution is 5.86. The van der Waals surface area contributed by atoms with E-state index in [1.54, 1.807) is 0 Å². The smallest absolute Gasteiger partial charge is 0.332 e. The van der Waals surface area contributed by atoms with Gasteiger partial charge >= 0.3 is 12.0 Å². The highest BCUT2D eigenvalue weighted by Crippen LogP contribution is 2.31. The van der Waals surface area contributed by atoms with E-state index < -0.39 is 17.5 Å². The van der Waals surface area contributed by atoms with Crippen LogP contribution in [0.3, 0.4) is 0 Å². The second-order valence-corrected chi connectivity index (χ2v) is 4.80. The van der Waals surface area contributed by atoms with Crippen molar-refractivity contribution in [3.05, 3.63) is 0 Å². The number of amides is 2. The zero-order valence-corrected chi connectivity index (χ0v) is 9.70. The molecule has 0 spiro atoms. The molecule has 1 saturated heterocycles. The van der Waals surface area contributed by atoms with E-state index in [9.17, 15) is 9.59 Å². The molecule has 1 heterocycles. The monoisotopic (exact) mass is 242 g/mol. The van der Waals surface area contributed by atoms with E-state index in [2.05, 4.69) is 10.6 Å². The van der Waals surface area contributed by atoms with E-state index in [1.165, 1.54) is 12.8 Å². The van der Waals surface area contributed by atoms with Gasteiger partial charge < -0.3 is 20.5 Å². The van der Waals surface area contributed by atoms with Gasteiger partial charge in [0.05, 0.1) is 6.61 Å². The fourth-order valence-corrected chi connectivity index (χ4v) is 1.94. The van der Waals surface area contributed by atoms with Gasteiger partial charge in [-0.25, -0.2) is 9.59 Å². The summed E-state index contributed by atoms with van der Waals surface area (Å²) >= 11 is 0. The van der Waals surface area contributed by atoms with Gasteiger partial charge in [-0.1, -0.05) is 12.8 Å². The lowest BCUT2D eigenvalue weighted by molar-refractivity contribution is -0.144. The van der Waals surface area contributed by atoms with E-state index in [1.807, 2.05) is 0 Å². The molecule has 2 amide bonds. The van der Waals surface area contributed by atoms with Crippen LogP contribution in [0.1, 0.15) is 25.7 Å². The summed E-state index contributed by atoms with van der Waals surface area (Å²) in [5.74, 6) is -0.286. The maximum Gasteiger partial charge on any atom is 0.332 e. The van der Waals surface area contributed by atoms with E-state index in [-0.39, 0.29) is 6.61 Å². The first-order valence-electron chi connectivity index (χ1n) is 5.99. The minimum Gasteiger partial charge on any atom is -0.479 e. The lowest BCUT2D eigenvalue weighted by atomic mass is 9.99. The van der Waals surface area contributed by atoms with Crippen molar-refractivity contribution in [3.8, 4) is 0 Å². The van der Waals surface area contributed by atoms with Crippen molar-refractivity contribution < 1.29 is 19.4 Å². The van der Waals surface area contributed by atoms with E-state index in [4.69, 9.17) is 9.84 Å². The molecule has 2 rings (SSSR count). The Morgan fingerprint density at radius 3 is 2.71 bits per heavy atom. The highest BCUT2D eigenvalue weighted by Gasteiger charge is 2.43. The van der Waals surface area contributed by atoms with Crippen LogP contribution >= 0.6 is 0 Å². The van der Waals surface area contributed by atoms with Crippen molar-refractivity contribution in [3.63, 3.8) is 0 Å². The number of carboxylic acids is 1. The van der Waals surface area contributed by atoms with Crippen LogP contribution in [0.25, 0.3) is 0 Å². The lowest BCUT2D eigenvalue weighted by Crippen LogP contribution is -2.57. The Hall–Kier alpha value is -1.30. The van der Waals surface area contributed by atoms with Crippen LogP contribution < -0.4 is 10.6 Å². The molecule has 96 valence electrons. The van der Waals surface area contributed by atoms with Crippen LogP contribution in [0.2, 0.25) is 0 Å². The van der Waals surface area contributed by atoms with Gasteiger partial charge in [0.15, 0.2) is 5.54 Å². The maximum atomic E-state index is 11.6.